The summed E-state index contributed by atoms with van der Waals surface area (Å²) in [4.78, 5) is 18.6. The second kappa shape index (κ2) is 8.33. The molecule has 32 heavy (non-hydrogen) atoms. The van der Waals surface area contributed by atoms with E-state index in [4.69, 9.17) is 4.42 Å². The summed E-state index contributed by atoms with van der Waals surface area (Å²) in [6.45, 7) is 7.49. The van der Waals surface area contributed by atoms with E-state index in [9.17, 15) is 18.0 Å². The number of hydrogen-bond acceptors (Lipinski definition) is 4. The van der Waals surface area contributed by atoms with Gasteiger partial charge in [0.25, 0.3) is 0 Å². The van der Waals surface area contributed by atoms with E-state index in [1.54, 1.807) is 0 Å². The number of furan rings is 1. The summed E-state index contributed by atoms with van der Waals surface area (Å²) >= 11 is 0. The molecule has 2 amide bonds. The first-order valence-corrected chi connectivity index (χ1v) is 10.9. The third-order valence-corrected chi connectivity index (χ3v) is 6.27. The number of carbonyl (C=O) groups excluding carboxylic acids is 1. The molecule has 0 spiro atoms. The Hall–Kier alpha value is -2.71. The van der Waals surface area contributed by atoms with E-state index in [2.05, 4.69) is 29.5 Å². The summed E-state index contributed by atoms with van der Waals surface area (Å²) in [6, 6.07) is 4.16. The topological polar surface area (TPSA) is 70.4 Å². The number of pyridine rings is 1. The highest BCUT2D eigenvalue weighted by Gasteiger charge is 2.36. The van der Waals surface area contributed by atoms with Crippen LogP contribution in [0.15, 0.2) is 28.8 Å². The number of nitrogens with zero attached hydrogens (tertiary/aromatic N) is 2. The molecule has 6 nitrogen and oxygen atoms in total. The van der Waals surface area contributed by atoms with Crippen LogP contribution in [-0.2, 0) is 12.6 Å². The average Bonchev–Trinajstić information content (AvgIpc) is 3.07. The normalized spacial score (nSPS) is 21.2. The molecule has 2 aromatic heterocycles. The second-order valence-electron chi connectivity index (χ2n) is 9.62. The van der Waals surface area contributed by atoms with Crippen molar-refractivity contribution in [1.82, 2.24) is 15.6 Å². The number of halogens is 3. The van der Waals surface area contributed by atoms with Crippen molar-refractivity contribution in [2.75, 3.05) is 18.0 Å². The molecule has 2 N–H and O–H groups in total. The van der Waals surface area contributed by atoms with Crippen molar-refractivity contribution in [3.05, 3.63) is 47.0 Å². The maximum absolute atomic E-state index is 12.7. The number of alkyl halides is 3. The quantitative estimate of drug-likeness (QED) is 0.692. The number of aryl methyl sites for hydroxylation is 1. The molecule has 9 heteroatoms. The van der Waals surface area contributed by atoms with Crippen LogP contribution >= 0.6 is 0 Å². The molecule has 0 bridgehead atoms. The predicted octanol–water partition coefficient (Wildman–Crippen LogP) is 4.98. The van der Waals surface area contributed by atoms with E-state index >= 15 is 0 Å². The number of aromatic nitrogens is 1. The van der Waals surface area contributed by atoms with Gasteiger partial charge in [0, 0.05) is 37.3 Å². The number of rotatable bonds is 3. The zero-order chi connectivity index (χ0) is 23.1. The third-order valence-electron chi connectivity index (χ3n) is 6.27. The SMILES string of the molecule is Cc1cc2c(o1)CC(C)(C)CC2NC(=O)NC1CCN(c2ccc(C(F)(F)F)cn2)CC1. The molecular formula is C23H29F3N4O2. The lowest BCUT2D eigenvalue weighted by molar-refractivity contribution is -0.137. The van der Waals surface area contributed by atoms with Crippen molar-refractivity contribution in [3.8, 4) is 0 Å². The molecule has 174 valence electrons. The monoisotopic (exact) mass is 450 g/mol. The number of nitrogens with one attached hydrogen (secondary N) is 2. The van der Waals surface area contributed by atoms with Crippen LogP contribution in [0.2, 0.25) is 0 Å². The fraction of sp³-hybridized carbons (Fsp3) is 0.565. The van der Waals surface area contributed by atoms with Gasteiger partial charge in [-0.25, -0.2) is 9.78 Å². The third kappa shape index (κ3) is 5.02. The number of piperidine rings is 1. The number of carbonyl (C=O) groups is 1. The molecule has 0 aromatic carbocycles. The van der Waals surface area contributed by atoms with Gasteiger partial charge in [-0.05, 0) is 49.8 Å². The number of hydrogen-bond donors (Lipinski definition) is 2. The summed E-state index contributed by atoms with van der Waals surface area (Å²) < 4.78 is 44.0. The molecule has 0 radical (unpaired) electrons. The smallest absolute Gasteiger partial charge is 0.417 e. The Bertz CT molecular complexity index is 961. The summed E-state index contributed by atoms with van der Waals surface area (Å²) in [6.07, 6.45) is -0.439. The highest BCUT2D eigenvalue weighted by molar-refractivity contribution is 5.75. The van der Waals surface area contributed by atoms with Gasteiger partial charge in [-0.1, -0.05) is 13.8 Å². The Morgan fingerprint density at radius 3 is 2.56 bits per heavy atom. The maximum atomic E-state index is 12.7. The van der Waals surface area contributed by atoms with Crippen LogP contribution in [0.25, 0.3) is 0 Å². The minimum atomic E-state index is -4.39. The summed E-state index contributed by atoms with van der Waals surface area (Å²) in [5, 5.41) is 6.17. The van der Waals surface area contributed by atoms with Gasteiger partial charge in [0.15, 0.2) is 0 Å². The van der Waals surface area contributed by atoms with Gasteiger partial charge in [-0.3, -0.25) is 0 Å². The van der Waals surface area contributed by atoms with E-state index in [-0.39, 0.29) is 23.5 Å². The number of amides is 2. The molecule has 1 unspecified atom stereocenters. The fourth-order valence-corrected chi connectivity index (χ4v) is 4.69. The lowest BCUT2D eigenvalue weighted by Gasteiger charge is -2.36. The molecule has 2 aliphatic rings. The Balaban J connectivity index is 1.30. The van der Waals surface area contributed by atoms with Crippen LogP contribution in [0.1, 0.15) is 61.8 Å². The first-order chi connectivity index (χ1) is 15.0. The Morgan fingerprint density at radius 1 is 1.22 bits per heavy atom. The zero-order valence-corrected chi connectivity index (χ0v) is 18.6. The molecular weight excluding hydrogens is 421 g/mol. The van der Waals surface area contributed by atoms with Crippen molar-refractivity contribution in [2.24, 2.45) is 5.41 Å². The van der Waals surface area contributed by atoms with E-state index in [1.165, 1.54) is 6.07 Å². The lowest BCUT2D eigenvalue weighted by atomic mass is 9.75. The fourth-order valence-electron chi connectivity index (χ4n) is 4.69. The first kappa shape index (κ1) is 22.5. The summed E-state index contributed by atoms with van der Waals surface area (Å²) in [5.74, 6) is 2.32. The molecule has 1 aliphatic heterocycles. The van der Waals surface area contributed by atoms with Gasteiger partial charge in [0.05, 0.1) is 11.6 Å². The van der Waals surface area contributed by atoms with Gasteiger partial charge in [-0.15, -0.1) is 0 Å². The van der Waals surface area contributed by atoms with Gasteiger partial charge < -0.3 is 20.0 Å². The molecule has 1 aliphatic carbocycles. The molecule has 1 fully saturated rings. The van der Waals surface area contributed by atoms with Crippen molar-refractivity contribution < 1.29 is 22.4 Å². The van der Waals surface area contributed by atoms with Crippen molar-refractivity contribution in [2.45, 2.75) is 64.7 Å². The van der Waals surface area contributed by atoms with Crippen molar-refractivity contribution >= 4 is 11.8 Å². The molecule has 4 rings (SSSR count). The van der Waals surface area contributed by atoms with Gasteiger partial charge in [0.1, 0.15) is 17.3 Å². The Labute approximate surface area is 185 Å². The number of anilines is 1. The summed E-state index contributed by atoms with van der Waals surface area (Å²) in [5.41, 5.74) is 0.339. The number of urea groups is 1. The van der Waals surface area contributed by atoms with Crippen molar-refractivity contribution in [1.29, 1.82) is 0 Å². The van der Waals surface area contributed by atoms with Crippen LogP contribution in [0.5, 0.6) is 0 Å². The molecule has 0 saturated carbocycles. The average molecular weight is 451 g/mol. The highest BCUT2D eigenvalue weighted by Crippen LogP contribution is 2.42. The highest BCUT2D eigenvalue weighted by atomic mass is 19.4. The van der Waals surface area contributed by atoms with E-state index in [1.807, 2.05) is 17.9 Å². The van der Waals surface area contributed by atoms with Crippen LogP contribution in [0.4, 0.5) is 23.8 Å². The van der Waals surface area contributed by atoms with E-state index in [0.29, 0.717) is 31.7 Å². The standard InChI is InChI=1S/C23H29F3N4O2/c1-14-10-17-18(11-22(2,3)12-19(17)32-14)29-21(31)28-16-6-8-30(9-7-16)20-5-4-15(13-27-20)23(24,25)26/h4-5,10,13,16,18H,6-9,11-12H2,1-3H3,(H2,28,29,31). The Morgan fingerprint density at radius 2 is 1.94 bits per heavy atom. The minimum absolute atomic E-state index is 0.00264. The second-order valence-corrected chi connectivity index (χ2v) is 9.62. The van der Waals surface area contributed by atoms with Crippen LogP contribution < -0.4 is 15.5 Å². The van der Waals surface area contributed by atoms with Gasteiger partial charge in [-0.2, -0.15) is 13.2 Å². The lowest BCUT2D eigenvalue weighted by Crippen LogP contribution is -2.49. The zero-order valence-electron chi connectivity index (χ0n) is 18.6. The largest absolute Gasteiger partial charge is 0.466 e. The molecule has 1 atom stereocenters. The minimum Gasteiger partial charge on any atom is -0.466 e. The Kier molecular flexibility index (Phi) is 5.85. The van der Waals surface area contributed by atoms with E-state index in [0.717, 1.165) is 42.2 Å². The van der Waals surface area contributed by atoms with Crippen molar-refractivity contribution in [3.63, 3.8) is 0 Å². The summed E-state index contributed by atoms with van der Waals surface area (Å²) in [7, 11) is 0. The van der Waals surface area contributed by atoms with Gasteiger partial charge in [0.2, 0.25) is 0 Å². The maximum Gasteiger partial charge on any atom is 0.417 e. The molecule has 1 saturated heterocycles. The van der Waals surface area contributed by atoms with Crippen LogP contribution in [0.3, 0.4) is 0 Å². The molecule has 3 heterocycles. The predicted molar refractivity (Wildman–Crippen MR) is 114 cm³/mol. The van der Waals surface area contributed by atoms with Crippen LogP contribution in [0, 0.1) is 12.3 Å². The van der Waals surface area contributed by atoms with Gasteiger partial charge >= 0.3 is 12.2 Å². The molecule has 2 aromatic rings. The number of fused-ring (bicyclic) bond motifs is 1. The first-order valence-electron chi connectivity index (χ1n) is 10.9. The van der Waals surface area contributed by atoms with Crippen LogP contribution in [-0.4, -0.2) is 30.1 Å². The van der Waals surface area contributed by atoms with E-state index < -0.39 is 11.7 Å².